The Morgan fingerprint density at radius 1 is 1.08 bits per heavy atom. The minimum Gasteiger partial charge on any atom is -0.497 e. The molecule has 1 unspecified atom stereocenters. The normalized spacial score (nSPS) is 20.3. The van der Waals surface area contributed by atoms with Crippen molar-refractivity contribution in [2.45, 2.75) is 25.3 Å². The average Bonchev–Trinajstić information content (AvgIpc) is 3.12. The van der Waals surface area contributed by atoms with Crippen molar-refractivity contribution in [3.05, 3.63) is 65.7 Å². The fourth-order valence-corrected chi connectivity index (χ4v) is 3.48. The van der Waals surface area contributed by atoms with Crippen molar-refractivity contribution in [1.82, 2.24) is 10.6 Å². The van der Waals surface area contributed by atoms with Crippen LogP contribution in [-0.4, -0.2) is 26.1 Å². The highest BCUT2D eigenvalue weighted by Gasteiger charge is 2.36. The van der Waals surface area contributed by atoms with Crippen molar-refractivity contribution < 1.29 is 9.53 Å². The molecule has 1 heterocycles. The van der Waals surface area contributed by atoms with Gasteiger partial charge in [-0.2, -0.15) is 0 Å². The molecular weight excluding hydrogens is 312 g/mol. The maximum Gasteiger partial charge on any atom is 0.225 e. The minimum atomic E-state index is -0.397. The van der Waals surface area contributed by atoms with Crippen molar-refractivity contribution in [3.8, 4) is 5.75 Å². The van der Waals surface area contributed by atoms with Gasteiger partial charge in [0.05, 0.1) is 18.6 Å². The van der Waals surface area contributed by atoms with Gasteiger partial charge in [0.25, 0.3) is 0 Å². The summed E-state index contributed by atoms with van der Waals surface area (Å²) in [7, 11) is 1.66. The molecule has 0 aromatic heterocycles. The lowest BCUT2D eigenvalue weighted by Crippen LogP contribution is -2.45. The highest BCUT2D eigenvalue weighted by Crippen LogP contribution is 2.31. The van der Waals surface area contributed by atoms with Crippen LogP contribution >= 0.6 is 0 Å². The molecule has 0 bridgehead atoms. The van der Waals surface area contributed by atoms with E-state index in [0.717, 1.165) is 17.9 Å². The van der Waals surface area contributed by atoms with Gasteiger partial charge in [0.1, 0.15) is 5.75 Å². The number of carbonyl (C=O) groups is 1. The Morgan fingerprint density at radius 3 is 2.40 bits per heavy atom. The third kappa shape index (κ3) is 3.85. The Hall–Kier alpha value is -2.33. The fourth-order valence-electron chi connectivity index (χ4n) is 3.48. The Bertz CT molecular complexity index is 710. The summed E-state index contributed by atoms with van der Waals surface area (Å²) in [5.41, 5.74) is 1.88. The molecule has 2 N–H and O–H groups in total. The number of rotatable bonds is 5. The monoisotopic (exact) mass is 338 g/mol. The topological polar surface area (TPSA) is 50.4 Å². The smallest absolute Gasteiger partial charge is 0.225 e. The Balaban J connectivity index is 1.74. The molecule has 1 aliphatic rings. The van der Waals surface area contributed by atoms with Crippen LogP contribution in [-0.2, 0) is 10.3 Å². The van der Waals surface area contributed by atoms with E-state index in [-0.39, 0.29) is 17.7 Å². The summed E-state index contributed by atoms with van der Waals surface area (Å²) in [4.78, 5) is 13.0. The lowest BCUT2D eigenvalue weighted by Gasteiger charge is -2.30. The van der Waals surface area contributed by atoms with Crippen LogP contribution in [0.5, 0.6) is 5.75 Å². The first kappa shape index (κ1) is 17.5. The number of benzene rings is 2. The van der Waals surface area contributed by atoms with Crippen LogP contribution in [0.1, 0.15) is 30.9 Å². The second-order valence-corrected chi connectivity index (χ2v) is 7.12. The Labute approximate surface area is 149 Å². The van der Waals surface area contributed by atoms with Gasteiger partial charge in [-0.25, -0.2) is 0 Å². The predicted octanol–water partition coefficient (Wildman–Crippen LogP) is 3.05. The molecule has 1 aliphatic heterocycles. The summed E-state index contributed by atoms with van der Waals surface area (Å²) < 4.78 is 5.23. The van der Waals surface area contributed by atoms with Crippen LogP contribution in [0, 0.1) is 5.92 Å². The number of ether oxygens (including phenoxy) is 1. The molecule has 4 nitrogen and oxygen atoms in total. The van der Waals surface area contributed by atoms with Crippen molar-refractivity contribution in [2.24, 2.45) is 5.92 Å². The van der Waals surface area contributed by atoms with Crippen LogP contribution < -0.4 is 15.4 Å². The minimum absolute atomic E-state index is 0.0728. The summed E-state index contributed by atoms with van der Waals surface area (Å²) in [6.07, 6.45) is 0. The molecule has 25 heavy (non-hydrogen) atoms. The Morgan fingerprint density at radius 2 is 1.76 bits per heavy atom. The van der Waals surface area contributed by atoms with Crippen LogP contribution in [0.2, 0.25) is 0 Å². The zero-order valence-electron chi connectivity index (χ0n) is 15.1. The number of hydrogen-bond donors (Lipinski definition) is 2. The lowest BCUT2D eigenvalue weighted by molar-refractivity contribution is -0.126. The van der Waals surface area contributed by atoms with E-state index < -0.39 is 5.54 Å². The number of methoxy groups -OCH3 is 1. The van der Waals surface area contributed by atoms with E-state index >= 15 is 0 Å². The molecule has 1 fully saturated rings. The first-order valence-electron chi connectivity index (χ1n) is 8.73. The van der Waals surface area contributed by atoms with E-state index in [1.165, 1.54) is 5.56 Å². The summed E-state index contributed by atoms with van der Waals surface area (Å²) in [6.45, 7) is 5.61. The molecule has 2 aromatic carbocycles. The second kappa shape index (κ2) is 7.28. The zero-order valence-corrected chi connectivity index (χ0v) is 15.1. The first-order chi connectivity index (χ1) is 12.0. The molecule has 0 aliphatic carbocycles. The molecule has 4 heteroatoms. The Kier molecular flexibility index (Phi) is 5.09. The third-order valence-corrected chi connectivity index (χ3v) is 5.03. The first-order valence-corrected chi connectivity index (χ1v) is 8.73. The number of hydrogen-bond acceptors (Lipinski definition) is 3. The van der Waals surface area contributed by atoms with Crippen LogP contribution in [0.4, 0.5) is 0 Å². The quantitative estimate of drug-likeness (QED) is 0.881. The van der Waals surface area contributed by atoms with E-state index in [2.05, 4.69) is 22.8 Å². The van der Waals surface area contributed by atoms with Gasteiger partial charge < -0.3 is 15.4 Å². The van der Waals surface area contributed by atoms with Crippen molar-refractivity contribution in [3.63, 3.8) is 0 Å². The van der Waals surface area contributed by atoms with Gasteiger partial charge in [0.2, 0.25) is 5.91 Å². The van der Waals surface area contributed by atoms with E-state index in [1.54, 1.807) is 7.11 Å². The average molecular weight is 338 g/mol. The van der Waals surface area contributed by atoms with Crippen molar-refractivity contribution >= 4 is 5.91 Å². The maximum atomic E-state index is 13.0. The molecule has 0 radical (unpaired) electrons. The van der Waals surface area contributed by atoms with E-state index in [4.69, 9.17) is 4.74 Å². The van der Waals surface area contributed by atoms with Crippen LogP contribution in [0.25, 0.3) is 0 Å². The molecule has 2 aromatic rings. The molecule has 3 rings (SSSR count). The number of carbonyl (C=O) groups excluding carboxylic acids is 1. The van der Waals surface area contributed by atoms with E-state index in [0.29, 0.717) is 6.54 Å². The number of nitrogens with one attached hydrogen (secondary N) is 2. The SMILES string of the molecule is COc1ccc([C@@H]2CNCC2C(=O)NC(C)(C)c2ccccc2)cc1. The molecule has 132 valence electrons. The lowest BCUT2D eigenvalue weighted by atomic mass is 9.86. The van der Waals surface area contributed by atoms with Gasteiger partial charge in [-0.05, 0) is 37.1 Å². The highest BCUT2D eigenvalue weighted by atomic mass is 16.5. The summed E-state index contributed by atoms with van der Waals surface area (Å²) in [5.74, 6) is 1.04. The van der Waals surface area contributed by atoms with E-state index in [1.807, 2.05) is 56.3 Å². The zero-order chi connectivity index (χ0) is 17.9. The predicted molar refractivity (Wildman–Crippen MR) is 99.7 cm³/mol. The van der Waals surface area contributed by atoms with Crippen LogP contribution in [0.15, 0.2) is 54.6 Å². The molecule has 0 saturated carbocycles. The van der Waals surface area contributed by atoms with Gasteiger partial charge in [-0.1, -0.05) is 42.5 Å². The molecular formula is C21H26N2O2. The third-order valence-electron chi connectivity index (χ3n) is 5.03. The van der Waals surface area contributed by atoms with Gasteiger partial charge in [0, 0.05) is 19.0 Å². The summed E-state index contributed by atoms with van der Waals surface area (Å²) in [6, 6.07) is 18.1. The van der Waals surface area contributed by atoms with E-state index in [9.17, 15) is 4.79 Å². The largest absolute Gasteiger partial charge is 0.497 e. The van der Waals surface area contributed by atoms with Gasteiger partial charge >= 0.3 is 0 Å². The summed E-state index contributed by atoms with van der Waals surface area (Å²) >= 11 is 0. The molecule has 1 amide bonds. The van der Waals surface area contributed by atoms with Gasteiger partial charge in [0.15, 0.2) is 0 Å². The van der Waals surface area contributed by atoms with Gasteiger partial charge in [-0.15, -0.1) is 0 Å². The molecule has 1 saturated heterocycles. The number of amides is 1. The molecule has 0 spiro atoms. The van der Waals surface area contributed by atoms with Crippen molar-refractivity contribution in [2.75, 3.05) is 20.2 Å². The second-order valence-electron chi connectivity index (χ2n) is 7.12. The molecule has 2 atom stereocenters. The fraction of sp³-hybridized carbons (Fsp3) is 0.381. The van der Waals surface area contributed by atoms with Gasteiger partial charge in [-0.3, -0.25) is 4.79 Å². The summed E-state index contributed by atoms with van der Waals surface area (Å²) in [5, 5.41) is 6.60. The van der Waals surface area contributed by atoms with Crippen LogP contribution in [0.3, 0.4) is 0 Å². The highest BCUT2D eigenvalue weighted by molar-refractivity contribution is 5.81. The van der Waals surface area contributed by atoms with Crippen molar-refractivity contribution in [1.29, 1.82) is 0 Å². The standard InChI is InChI=1S/C21H26N2O2/c1-21(2,16-7-5-4-6-8-16)23-20(24)19-14-22-13-18(19)15-9-11-17(25-3)12-10-15/h4-12,18-19,22H,13-14H2,1-3H3,(H,23,24)/t18-,19?/m0/s1. The maximum absolute atomic E-state index is 13.0.